The molecule has 2 rings (SSSR count). The van der Waals surface area contributed by atoms with Gasteiger partial charge in [0.2, 0.25) is 5.91 Å². The summed E-state index contributed by atoms with van der Waals surface area (Å²) in [5.74, 6) is -0.104. The quantitative estimate of drug-likeness (QED) is 0.824. The van der Waals surface area contributed by atoms with Crippen molar-refractivity contribution < 1.29 is 9.59 Å². The molecule has 2 amide bonds. The van der Waals surface area contributed by atoms with E-state index in [0.717, 1.165) is 12.8 Å². The molecule has 0 saturated carbocycles. The van der Waals surface area contributed by atoms with Crippen LogP contribution in [0.1, 0.15) is 30.1 Å². The van der Waals surface area contributed by atoms with E-state index in [1.54, 1.807) is 23.1 Å². The second-order valence-corrected chi connectivity index (χ2v) is 5.85. The van der Waals surface area contributed by atoms with E-state index in [1.165, 1.54) is 6.92 Å². The molecule has 0 aromatic heterocycles. The summed E-state index contributed by atoms with van der Waals surface area (Å²) >= 11 is 10.3. The number of thiol groups is 1. The number of rotatable bonds is 2. The van der Waals surface area contributed by atoms with Gasteiger partial charge in [0.25, 0.3) is 5.91 Å². The predicted molar refractivity (Wildman–Crippen MR) is 81.4 cm³/mol. The van der Waals surface area contributed by atoms with Crippen LogP contribution in [-0.4, -0.2) is 35.8 Å². The highest BCUT2D eigenvalue weighted by molar-refractivity contribution is 7.80. The van der Waals surface area contributed by atoms with E-state index in [9.17, 15) is 9.59 Å². The SMILES string of the molecule is CC(=O)NC1CCN(C(=O)c2cc(S)ccc2Cl)CC1. The van der Waals surface area contributed by atoms with Crippen molar-refractivity contribution >= 4 is 36.0 Å². The topological polar surface area (TPSA) is 49.4 Å². The Balaban J connectivity index is 2.01. The molecule has 1 fully saturated rings. The summed E-state index contributed by atoms with van der Waals surface area (Å²) in [5, 5.41) is 3.33. The third-order valence-corrected chi connectivity index (χ3v) is 3.98. The Hall–Kier alpha value is -1.20. The average Bonchev–Trinajstić information content (AvgIpc) is 2.41. The average molecular weight is 313 g/mol. The molecule has 4 nitrogen and oxygen atoms in total. The summed E-state index contributed by atoms with van der Waals surface area (Å²) in [6.45, 7) is 2.75. The number of carbonyl (C=O) groups excluding carboxylic acids is 2. The van der Waals surface area contributed by atoms with Crippen molar-refractivity contribution in [2.45, 2.75) is 30.7 Å². The number of piperidine rings is 1. The second kappa shape index (κ2) is 6.50. The number of carbonyl (C=O) groups is 2. The van der Waals surface area contributed by atoms with Gasteiger partial charge in [0.05, 0.1) is 10.6 Å². The van der Waals surface area contributed by atoms with Crippen molar-refractivity contribution in [2.75, 3.05) is 13.1 Å². The summed E-state index contributed by atoms with van der Waals surface area (Å²) in [5.41, 5.74) is 0.483. The van der Waals surface area contributed by atoms with E-state index < -0.39 is 0 Å². The fraction of sp³-hybridized carbons (Fsp3) is 0.429. The van der Waals surface area contributed by atoms with Crippen molar-refractivity contribution in [1.82, 2.24) is 10.2 Å². The van der Waals surface area contributed by atoms with Crippen molar-refractivity contribution in [1.29, 1.82) is 0 Å². The normalized spacial score (nSPS) is 16.1. The molecule has 1 N–H and O–H groups in total. The van der Waals surface area contributed by atoms with Gasteiger partial charge in [0.15, 0.2) is 0 Å². The van der Waals surface area contributed by atoms with E-state index in [2.05, 4.69) is 17.9 Å². The van der Waals surface area contributed by atoms with Crippen molar-refractivity contribution in [3.05, 3.63) is 28.8 Å². The maximum atomic E-state index is 12.4. The van der Waals surface area contributed by atoms with E-state index in [-0.39, 0.29) is 17.9 Å². The Bertz CT molecular complexity index is 528. The van der Waals surface area contributed by atoms with Gasteiger partial charge in [-0.3, -0.25) is 9.59 Å². The van der Waals surface area contributed by atoms with Crippen molar-refractivity contribution in [2.24, 2.45) is 0 Å². The summed E-state index contributed by atoms with van der Waals surface area (Å²) < 4.78 is 0. The Kier molecular flexibility index (Phi) is 4.94. The zero-order chi connectivity index (χ0) is 14.7. The van der Waals surface area contributed by atoms with Crippen LogP contribution in [0.5, 0.6) is 0 Å². The number of likely N-dealkylation sites (tertiary alicyclic amines) is 1. The number of benzene rings is 1. The number of hydrogen-bond acceptors (Lipinski definition) is 3. The minimum Gasteiger partial charge on any atom is -0.353 e. The first kappa shape index (κ1) is 15.2. The lowest BCUT2D eigenvalue weighted by molar-refractivity contribution is -0.119. The molecule has 0 atom stereocenters. The molecular weight excluding hydrogens is 296 g/mol. The van der Waals surface area contributed by atoms with Gasteiger partial charge >= 0.3 is 0 Å². The maximum Gasteiger partial charge on any atom is 0.255 e. The molecule has 1 aliphatic heterocycles. The summed E-state index contributed by atoms with van der Waals surface area (Å²) in [6.07, 6.45) is 1.53. The minimum absolute atomic E-state index is 0.0272. The fourth-order valence-electron chi connectivity index (χ4n) is 2.36. The van der Waals surface area contributed by atoms with E-state index >= 15 is 0 Å². The lowest BCUT2D eigenvalue weighted by Crippen LogP contribution is -2.46. The fourth-order valence-corrected chi connectivity index (χ4v) is 2.76. The molecule has 0 radical (unpaired) electrons. The van der Waals surface area contributed by atoms with Crippen molar-refractivity contribution in [3.63, 3.8) is 0 Å². The summed E-state index contributed by atoms with van der Waals surface area (Å²) in [6, 6.07) is 5.28. The molecule has 1 aromatic carbocycles. The van der Waals surface area contributed by atoms with Crippen LogP contribution in [0.2, 0.25) is 5.02 Å². The second-order valence-electron chi connectivity index (χ2n) is 4.93. The van der Waals surface area contributed by atoms with Gasteiger partial charge < -0.3 is 10.2 Å². The van der Waals surface area contributed by atoms with Gasteiger partial charge in [0.1, 0.15) is 0 Å². The largest absolute Gasteiger partial charge is 0.353 e. The molecule has 108 valence electrons. The van der Waals surface area contributed by atoms with E-state index in [4.69, 9.17) is 11.6 Å². The van der Waals surface area contributed by atoms with Crippen LogP contribution in [0, 0.1) is 0 Å². The van der Waals surface area contributed by atoms with Gasteiger partial charge in [-0.15, -0.1) is 12.6 Å². The number of halogens is 1. The van der Waals surface area contributed by atoms with Crippen molar-refractivity contribution in [3.8, 4) is 0 Å². The third kappa shape index (κ3) is 3.67. The van der Waals surface area contributed by atoms with Gasteiger partial charge in [-0.05, 0) is 31.0 Å². The first-order valence-corrected chi connectivity index (χ1v) is 7.35. The van der Waals surface area contributed by atoms with Crippen LogP contribution in [0.15, 0.2) is 23.1 Å². The predicted octanol–water partition coefficient (Wildman–Crippen LogP) is 2.37. The Labute approximate surface area is 128 Å². The molecule has 20 heavy (non-hydrogen) atoms. The van der Waals surface area contributed by atoms with Crippen LogP contribution < -0.4 is 5.32 Å². The first-order chi connectivity index (χ1) is 9.47. The third-order valence-electron chi connectivity index (χ3n) is 3.37. The molecule has 6 heteroatoms. The van der Waals surface area contributed by atoms with Gasteiger partial charge in [-0.1, -0.05) is 11.6 Å². The smallest absolute Gasteiger partial charge is 0.255 e. The van der Waals surface area contributed by atoms with Crippen LogP contribution in [0.25, 0.3) is 0 Å². The Morgan fingerprint density at radius 3 is 2.60 bits per heavy atom. The van der Waals surface area contributed by atoms with Crippen LogP contribution >= 0.6 is 24.2 Å². The van der Waals surface area contributed by atoms with Crippen LogP contribution in [0.3, 0.4) is 0 Å². The molecule has 1 heterocycles. The number of amides is 2. The number of hydrogen-bond donors (Lipinski definition) is 2. The summed E-state index contributed by atoms with van der Waals surface area (Å²) in [4.78, 5) is 25.9. The molecule has 1 saturated heterocycles. The van der Waals surface area contributed by atoms with Gasteiger partial charge in [0, 0.05) is 31.0 Å². The molecule has 1 aliphatic rings. The maximum absolute atomic E-state index is 12.4. The molecular formula is C14H17ClN2O2S. The Morgan fingerprint density at radius 2 is 2.00 bits per heavy atom. The standard InChI is InChI=1S/C14H17ClN2O2S/c1-9(18)16-10-4-6-17(7-5-10)14(19)12-8-11(20)2-3-13(12)15/h2-3,8,10,20H,4-7H2,1H3,(H,16,18). The minimum atomic E-state index is -0.0767. The van der Waals surface area contributed by atoms with Gasteiger partial charge in [-0.2, -0.15) is 0 Å². The van der Waals surface area contributed by atoms with Gasteiger partial charge in [-0.25, -0.2) is 0 Å². The van der Waals surface area contributed by atoms with Crippen LogP contribution in [-0.2, 0) is 4.79 Å². The highest BCUT2D eigenvalue weighted by atomic mass is 35.5. The number of nitrogens with one attached hydrogen (secondary N) is 1. The van der Waals surface area contributed by atoms with E-state index in [0.29, 0.717) is 28.6 Å². The lowest BCUT2D eigenvalue weighted by atomic mass is 10.0. The number of nitrogens with zero attached hydrogens (tertiary/aromatic N) is 1. The first-order valence-electron chi connectivity index (χ1n) is 6.52. The molecule has 0 bridgehead atoms. The van der Waals surface area contributed by atoms with E-state index in [1.807, 2.05) is 0 Å². The highest BCUT2D eigenvalue weighted by Crippen LogP contribution is 2.23. The lowest BCUT2D eigenvalue weighted by Gasteiger charge is -2.32. The zero-order valence-corrected chi connectivity index (χ0v) is 12.9. The zero-order valence-electron chi connectivity index (χ0n) is 11.2. The molecule has 0 aliphatic carbocycles. The molecule has 0 unspecified atom stereocenters. The Morgan fingerprint density at radius 1 is 1.35 bits per heavy atom. The molecule has 1 aromatic rings. The van der Waals surface area contributed by atoms with Crippen LogP contribution in [0.4, 0.5) is 0 Å². The highest BCUT2D eigenvalue weighted by Gasteiger charge is 2.25. The molecule has 0 spiro atoms. The monoisotopic (exact) mass is 312 g/mol. The summed E-state index contributed by atoms with van der Waals surface area (Å²) in [7, 11) is 0.